The van der Waals surface area contributed by atoms with Crippen molar-refractivity contribution >= 4 is 0 Å². The second-order valence-corrected chi connectivity index (χ2v) is 4.75. The van der Waals surface area contributed by atoms with Crippen LogP contribution in [-0.4, -0.2) is 41.8 Å². The fraction of sp³-hybridized carbons (Fsp3) is 1.00. The lowest BCUT2D eigenvalue weighted by molar-refractivity contribution is 0.0921. The molecule has 0 bridgehead atoms. The van der Waals surface area contributed by atoms with Gasteiger partial charge in [-0.2, -0.15) is 0 Å². The van der Waals surface area contributed by atoms with E-state index >= 15 is 0 Å². The van der Waals surface area contributed by atoms with Gasteiger partial charge in [-0.15, -0.1) is 0 Å². The molecule has 0 aromatic rings. The van der Waals surface area contributed by atoms with E-state index < -0.39 is 0 Å². The summed E-state index contributed by atoms with van der Waals surface area (Å²) >= 11 is 0. The van der Waals surface area contributed by atoms with Gasteiger partial charge in [0.2, 0.25) is 0 Å². The zero-order chi connectivity index (χ0) is 11.3. The summed E-state index contributed by atoms with van der Waals surface area (Å²) in [6.07, 6.45) is 1.14. The smallest absolute Gasteiger partial charge is 0.0601 e. The lowest BCUT2D eigenvalue weighted by Crippen LogP contribution is -2.50. The van der Waals surface area contributed by atoms with Crippen LogP contribution in [0, 0.1) is 5.92 Å². The highest BCUT2D eigenvalue weighted by atomic mass is 16.3. The van der Waals surface area contributed by atoms with Crippen LogP contribution in [0.4, 0.5) is 0 Å². The van der Waals surface area contributed by atoms with E-state index in [1.807, 2.05) is 14.0 Å². The molecule has 14 heavy (non-hydrogen) atoms. The Balaban J connectivity index is 4.19. The van der Waals surface area contributed by atoms with Gasteiger partial charge in [-0.25, -0.2) is 0 Å². The molecule has 0 saturated carbocycles. The van der Waals surface area contributed by atoms with E-state index in [1.54, 1.807) is 0 Å². The van der Waals surface area contributed by atoms with E-state index in [0.717, 1.165) is 6.42 Å². The zero-order valence-electron chi connectivity index (χ0n) is 10.2. The number of aliphatic hydroxyl groups excluding tert-OH is 1. The van der Waals surface area contributed by atoms with Gasteiger partial charge in [0.05, 0.1) is 6.61 Å². The fourth-order valence-electron chi connectivity index (χ4n) is 1.84. The Morgan fingerprint density at radius 1 is 1.21 bits per heavy atom. The monoisotopic (exact) mass is 202 g/mol. The summed E-state index contributed by atoms with van der Waals surface area (Å²) < 4.78 is 0. The van der Waals surface area contributed by atoms with Crippen molar-refractivity contribution in [2.45, 2.75) is 52.2 Å². The third kappa shape index (κ3) is 4.40. The van der Waals surface area contributed by atoms with Crippen LogP contribution in [0.3, 0.4) is 0 Å². The lowest BCUT2D eigenvalue weighted by atomic mass is 10.0. The van der Waals surface area contributed by atoms with E-state index in [-0.39, 0.29) is 18.7 Å². The van der Waals surface area contributed by atoms with Crippen molar-refractivity contribution in [3.8, 4) is 0 Å². The third-order valence-electron chi connectivity index (χ3n) is 2.82. The average molecular weight is 202 g/mol. The highest BCUT2D eigenvalue weighted by Crippen LogP contribution is 2.13. The van der Waals surface area contributed by atoms with Gasteiger partial charge < -0.3 is 10.8 Å². The summed E-state index contributed by atoms with van der Waals surface area (Å²) in [7, 11) is 2.04. The average Bonchev–Trinajstić information content (AvgIpc) is 2.03. The summed E-state index contributed by atoms with van der Waals surface area (Å²) in [5.74, 6) is 0.680. The molecule has 3 atom stereocenters. The number of rotatable bonds is 6. The van der Waals surface area contributed by atoms with Gasteiger partial charge in [-0.1, -0.05) is 13.8 Å². The quantitative estimate of drug-likeness (QED) is 0.677. The summed E-state index contributed by atoms with van der Waals surface area (Å²) in [4.78, 5) is 2.19. The maximum Gasteiger partial charge on any atom is 0.0601 e. The van der Waals surface area contributed by atoms with E-state index in [1.165, 1.54) is 0 Å². The number of likely N-dealkylation sites (N-methyl/N-ethyl adjacent to an activating group) is 1. The Hall–Kier alpha value is -0.120. The first-order valence-electron chi connectivity index (χ1n) is 5.48. The van der Waals surface area contributed by atoms with Crippen LogP contribution < -0.4 is 5.73 Å². The first-order chi connectivity index (χ1) is 6.40. The maximum atomic E-state index is 9.23. The molecule has 0 radical (unpaired) electrons. The van der Waals surface area contributed by atoms with Gasteiger partial charge >= 0.3 is 0 Å². The van der Waals surface area contributed by atoms with Crippen LogP contribution in [0.15, 0.2) is 0 Å². The van der Waals surface area contributed by atoms with Gasteiger partial charge in [0.1, 0.15) is 0 Å². The predicted molar refractivity (Wildman–Crippen MR) is 61.2 cm³/mol. The summed E-state index contributed by atoms with van der Waals surface area (Å²) in [6.45, 7) is 8.69. The normalized spacial score (nSPS) is 18.6. The molecule has 0 aliphatic carbocycles. The molecule has 0 aliphatic rings. The second kappa shape index (κ2) is 6.38. The van der Waals surface area contributed by atoms with Crippen molar-refractivity contribution in [1.82, 2.24) is 4.90 Å². The van der Waals surface area contributed by atoms with Gasteiger partial charge in [0.25, 0.3) is 0 Å². The molecule has 0 fully saturated rings. The van der Waals surface area contributed by atoms with Crippen molar-refractivity contribution in [3.63, 3.8) is 0 Å². The van der Waals surface area contributed by atoms with Crippen molar-refractivity contribution in [3.05, 3.63) is 0 Å². The molecule has 0 heterocycles. The minimum absolute atomic E-state index is 0.0135. The van der Waals surface area contributed by atoms with Gasteiger partial charge in [0.15, 0.2) is 0 Å². The SMILES string of the molecule is CC(C)CC(C)N(C)C(CO)C(C)N. The Bertz CT molecular complexity index is 148. The standard InChI is InChI=1S/C11H26N2O/c1-8(2)6-9(3)13(5)11(7-14)10(4)12/h8-11,14H,6-7,12H2,1-5H3. The van der Waals surface area contributed by atoms with Crippen molar-refractivity contribution < 1.29 is 5.11 Å². The molecular formula is C11H26N2O. The molecule has 3 heteroatoms. The first kappa shape index (κ1) is 13.9. The molecule has 3 nitrogen and oxygen atoms in total. The van der Waals surface area contributed by atoms with Crippen LogP contribution in [0.1, 0.15) is 34.1 Å². The van der Waals surface area contributed by atoms with Crippen LogP contribution in [0.5, 0.6) is 0 Å². The molecular weight excluding hydrogens is 176 g/mol. The highest BCUT2D eigenvalue weighted by molar-refractivity contribution is 4.80. The summed E-state index contributed by atoms with van der Waals surface area (Å²) in [5.41, 5.74) is 5.82. The predicted octanol–water partition coefficient (Wildman–Crippen LogP) is 1.06. The maximum absolute atomic E-state index is 9.23. The Morgan fingerprint density at radius 2 is 1.71 bits per heavy atom. The lowest BCUT2D eigenvalue weighted by Gasteiger charge is -2.35. The van der Waals surface area contributed by atoms with E-state index in [2.05, 4.69) is 25.7 Å². The van der Waals surface area contributed by atoms with Crippen molar-refractivity contribution in [1.29, 1.82) is 0 Å². The fourth-order valence-corrected chi connectivity index (χ4v) is 1.84. The largest absolute Gasteiger partial charge is 0.395 e. The molecule has 0 spiro atoms. The minimum Gasteiger partial charge on any atom is -0.395 e. The molecule has 3 unspecified atom stereocenters. The van der Waals surface area contributed by atoms with Crippen molar-refractivity contribution in [2.75, 3.05) is 13.7 Å². The Morgan fingerprint density at radius 3 is 2.00 bits per heavy atom. The minimum atomic E-state index is 0.0135. The third-order valence-corrected chi connectivity index (χ3v) is 2.82. The number of aliphatic hydroxyl groups is 1. The molecule has 0 saturated heterocycles. The molecule has 3 N–H and O–H groups in total. The van der Waals surface area contributed by atoms with Crippen LogP contribution in [0.25, 0.3) is 0 Å². The molecule has 0 aliphatic heterocycles. The van der Waals surface area contributed by atoms with Gasteiger partial charge in [-0.05, 0) is 33.2 Å². The van der Waals surface area contributed by atoms with Gasteiger partial charge in [-0.3, -0.25) is 4.90 Å². The first-order valence-corrected chi connectivity index (χ1v) is 5.48. The van der Waals surface area contributed by atoms with E-state index in [9.17, 15) is 5.11 Å². The van der Waals surface area contributed by atoms with E-state index in [4.69, 9.17) is 5.73 Å². The molecule has 0 aromatic carbocycles. The Kier molecular flexibility index (Phi) is 6.33. The van der Waals surface area contributed by atoms with Gasteiger partial charge in [0, 0.05) is 18.1 Å². The van der Waals surface area contributed by atoms with Crippen LogP contribution >= 0.6 is 0 Å². The Labute approximate surface area is 88.3 Å². The summed E-state index contributed by atoms with van der Waals surface area (Å²) in [6, 6.07) is 0.557. The number of nitrogens with two attached hydrogens (primary N) is 1. The molecule has 0 amide bonds. The molecule has 86 valence electrons. The number of nitrogens with zero attached hydrogens (tertiary/aromatic N) is 1. The molecule has 0 rings (SSSR count). The zero-order valence-corrected chi connectivity index (χ0v) is 10.2. The highest BCUT2D eigenvalue weighted by Gasteiger charge is 2.22. The van der Waals surface area contributed by atoms with E-state index in [0.29, 0.717) is 12.0 Å². The summed E-state index contributed by atoms with van der Waals surface area (Å²) in [5, 5.41) is 9.23. The van der Waals surface area contributed by atoms with Crippen LogP contribution in [0.2, 0.25) is 0 Å². The second-order valence-electron chi connectivity index (χ2n) is 4.75. The number of hydrogen-bond donors (Lipinski definition) is 2. The topological polar surface area (TPSA) is 49.5 Å². The number of hydrogen-bond acceptors (Lipinski definition) is 3. The van der Waals surface area contributed by atoms with Crippen LogP contribution in [-0.2, 0) is 0 Å². The van der Waals surface area contributed by atoms with Crippen molar-refractivity contribution in [2.24, 2.45) is 11.7 Å². The molecule has 0 aromatic heterocycles.